The van der Waals surface area contributed by atoms with E-state index in [0.29, 0.717) is 0 Å². The minimum Gasteiger partial charge on any atom is -0.0616 e. The molecule has 23 heavy (non-hydrogen) atoms. The van der Waals surface area contributed by atoms with E-state index in [1.165, 1.54) is 37.1 Å². The molecule has 1 heteroatoms. The van der Waals surface area contributed by atoms with Gasteiger partial charge in [0, 0.05) is 4.47 Å². The van der Waals surface area contributed by atoms with Gasteiger partial charge in [-0.25, -0.2) is 0 Å². The summed E-state index contributed by atoms with van der Waals surface area (Å²) in [6.45, 7) is 13.8. The largest absolute Gasteiger partial charge is 0.0616 e. The number of benzene rings is 3. The molecule has 0 nitrogen and oxygen atoms in total. The number of fused-ring (bicyclic) bond motifs is 2. The van der Waals surface area contributed by atoms with Gasteiger partial charge in [0.25, 0.3) is 0 Å². The first-order chi connectivity index (χ1) is 10.6. The molecule has 0 amide bonds. The van der Waals surface area contributed by atoms with Crippen LogP contribution in [0.5, 0.6) is 0 Å². The van der Waals surface area contributed by atoms with Gasteiger partial charge >= 0.3 is 0 Å². The van der Waals surface area contributed by atoms with E-state index in [2.05, 4.69) is 99.9 Å². The van der Waals surface area contributed by atoms with Gasteiger partial charge in [-0.3, -0.25) is 0 Å². The van der Waals surface area contributed by atoms with Crippen molar-refractivity contribution in [2.24, 2.45) is 0 Å². The molecule has 0 aliphatic rings. The number of halogens is 1. The summed E-state index contributed by atoms with van der Waals surface area (Å²) in [7, 11) is 0. The van der Waals surface area contributed by atoms with Gasteiger partial charge in [-0.15, -0.1) is 0 Å². The second-order valence-corrected chi connectivity index (χ2v) is 9.33. The molecular weight excluding hydrogens is 344 g/mol. The molecule has 0 aromatic heterocycles. The summed E-state index contributed by atoms with van der Waals surface area (Å²) in [6, 6.07) is 15.6. The smallest absolute Gasteiger partial charge is 0.0294 e. The third-order valence-electron chi connectivity index (χ3n) is 4.50. The van der Waals surface area contributed by atoms with Crippen LogP contribution in [-0.2, 0) is 10.8 Å². The Bertz CT molecular complexity index is 890. The van der Waals surface area contributed by atoms with Crippen LogP contribution in [-0.4, -0.2) is 0 Å². The summed E-state index contributed by atoms with van der Waals surface area (Å²) >= 11 is 3.95. The van der Waals surface area contributed by atoms with E-state index in [1.807, 2.05) is 0 Å². The van der Waals surface area contributed by atoms with Crippen LogP contribution in [0.4, 0.5) is 0 Å². The standard InChI is InChI=1S/C22H25Br/c1-21(2,3)18-13-16-11-14-9-7-8-10-15(14)12-17(16)20(23)19(18)22(4,5)6/h7-13H,1-6H3. The van der Waals surface area contributed by atoms with Gasteiger partial charge in [-0.2, -0.15) is 0 Å². The lowest BCUT2D eigenvalue weighted by molar-refractivity contribution is 0.529. The molecule has 120 valence electrons. The molecule has 0 saturated heterocycles. The van der Waals surface area contributed by atoms with E-state index < -0.39 is 0 Å². The molecule has 0 unspecified atom stereocenters. The topological polar surface area (TPSA) is 0 Å². The summed E-state index contributed by atoms with van der Waals surface area (Å²) < 4.78 is 1.25. The average molecular weight is 369 g/mol. The van der Waals surface area contributed by atoms with E-state index in [0.717, 1.165) is 0 Å². The summed E-state index contributed by atoms with van der Waals surface area (Å²) in [5, 5.41) is 5.22. The monoisotopic (exact) mass is 368 g/mol. The number of hydrogen-bond acceptors (Lipinski definition) is 0. The van der Waals surface area contributed by atoms with Crippen LogP contribution < -0.4 is 0 Å². The average Bonchev–Trinajstić information content (AvgIpc) is 2.43. The van der Waals surface area contributed by atoms with Crippen molar-refractivity contribution in [1.82, 2.24) is 0 Å². The van der Waals surface area contributed by atoms with Crippen molar-refractivity contribution in [3.8, 4) is 0 Å². The molecule has 0 heterocycles. The first-order valence-corrected chi connectivity index (χ1v) is 9.04. The van der Waals surface area contributed by atoms with Gasteiger partial charge in [-0.05, 0) is 71.6 Å². The van der Waals surface area contributed by atoms with Crippen molar-refractivity contribution in [2.45, 2.75) is 52.4 Å². The van der Waals surface area contributed by atoms with Crippen LogP contribution in [0.2, 0.25) is 0 Å². The lowest BCUT2D eigenvalue weighted by Gasteiger charge is -2.32. The van der Waals surface area contributed by atoms with E-state index in [9.17, 15) is 0 Å². The first-order valence-electron chi connectivity index (χ1n) is 8.25. The molecule has 0 aliphatic heterocycles. The maximum atomic E-state index is 3.95. The molecule has 0 atom stereocenters. The highest BCUT2D eigenvalue weighted by Crippen LogP contribution is 2.43. The maximum absolute atomic E-state index is 3.95. The molecule has 0 bridgehead atoms. The Balaban J connectivity index is 2.49. The Labute approximate surface area is 148 Å². The molecule has 3 rings (SSSR count). The van der Waals surface area contributed by atoms with Gasteiger partial charge < -0.3 is 0 Å². The summed E-state index contributed by atoms with van der Waals surface area (Å²) in [5.74, 6) is 0. The van der Waals surface area contributed by atoms with Crippen molar-refractivity contribution in [3.05, 3.63) is 58.1 Å². The maximum Gasteiger partial charge on any atom is 0.0294 e. The minimum atomic E-state index is 0.0985. The van der Waals surface area contributed by atoms with Gasteiger partial charge in [0.2, 0.25) is 0 Å². The van der Waals surface area contributed by atoms with Crippen molar-refractivity contribution in [1.29, 1.82) is 0 Å². The highest BCUT2D eigenvalue weighted by Gasteiger charge is 2.28. The molecule has 0 aliphatic carbocycles. The minimum absolute atomic E-state index is 0.0985. The number of hydrogen-bond donors (Lipinski definition) is 0. The van der Waals surface area contributed by atoms with Crippen molar-refractivity contribution in [3.63, 3.8) is 0 Å². The first kappa shape index (κ1) is 16.5. The zero-order chi connectivity index (χ0) is 17.0. The highest BCUT2D eigenvalue weighted by atomic mass is 79.9. The van der Waals surface area contributed by atoms with Crippen molar-refractivity contribution < 1.29 is 0 Å². The van der Waals surface area contributed by atoms with Gasteiger partial charge in [0.1, 0.15) is 0 Å². The van der Waals surface area contributed by atoms with E-state index in [4.69, 9.17) is 0 Å². The van der Waals surface area contributed by atoms with Crippen LogP contribution in [0.25, 0.3) is 21.5 Å². The Morgan fingerprint density at radius 1 is 0.696 bits per heavy atom. The quantitative estimate of drug-likeness (QED) is 0.363. The molecular formula is C22H25Br. The van der Waals surface area contributed by atoms with Crippen LogP contribution in [0, 0.1) is 0 Å². The SMILES string of the molecule is CC(C)(C)c1cc2cc3ccccc3cc2c(Br)c1C(C)(C)C. The van der Waals surface area contributed by atoms with E-state index in [1.54, 1.807) is 0 Å². The van der Waals surface area contributed by atoms with Crippen molar-refractivity contribution >= 4 is 37.5 Å². The summed E-state index contributed by atoms with van der Waals surface area (Å²) in [6.07, 6.45) is 0. The fourth-order valence-electron chi connectivity index (χ4n) is 3.37. The normalized spacial score (nSPS) is 13.0. The van der Waals surface area contributed by atoms with Gasteiger partial charge in [-0.1, -0.05) is 71.9 Å². The van der Waals surface area contributed by atoms with Crippen LogP contribution in [0.3, 0.4) is 0 Å². The molecule has 0 N–H and O–H groups in total. The molecule has 0 fully saturated rings. The molecule has 0 spiro atoms. The van der Waals surface area contributed by atoms with Crippen LogP contribution in [0.1, 0.15) is 52.7 Å². The van der Waals surface area contributed by atoms with E-state index >= 15 is 0 Å². The number of rotatable bonds is 0. The zero-order valence-corrected chi connectivity index (χ0v) is 16.5. The van der Waals surface area contributed by atoms with Gasteiger partial charge in [0.05, 0.1) is 0 Å². The summed E-state index contributed by atoms with van der Waals surface area (Å²) in [4.78, 5) is 0. The fraction of sp³-hybridized carbons (Fsp3) is 0.364. The molecule has 3 aromatic carbocycles. The molecule has 0 radical (unpaired) electrons. The zero-order valence-electron chi connectivity index (χ0n) is 14.9. The lowest BCUT2D eigenvalue weighted by Crippen LogP contribution is -2.22. The van der Waals surface area contributed by atoms with Crippen LogP contribution in [0.15, 0.2) is 46.9 Å². The van der Waals surface area contributed by atoms with E-state index in [-0.39, 0.29) is 10.8 Å². The fourth-order valence-corrected chi connectivity index (χ4v) is 4.52. The highest BCUT2D eigenvalue weighted by molar-refractivity contribution is 9.10. The predicted octanol–water partition coefficient (Wildman–Crippen LogP) is 7.35. The van der Waals surface area contributed by atoms with Crippen LogP contribution >= 0.6 is 15.9 Å². The summed E-state index contributed by atoms with van der Waals surface area (Å²) in [5.41, 5.74) is 3.07. The third kappa shape index (κ3) is 2.92. The van der Waals surface area contributed by atoms with Crippen molar-refractivity contribution in [2.75, 3.05) is 0 Å². The Morgan fingerprint density at radius 2 is 1.26 bits per heavy atom. The third-order valence-corrected chi connectivity index (χ3v) is 5.32. The predicted molar refractivity (Wildman–Crippen MR) is 107 cm³/mol. The lowest BCUT2D eigenvalue weighted by atomic mass is 9.74. The Hall–Kier alpha value is -1.34. The Kier molecular flexibility index (Phi) is 3.84. The second-order valence-electron chi connectivity index (χ2n) is 8.53. The molecule has 3 aromatic rings. The van der Waals surface area contributed by atoms with Gasteiger partial charge in [0.15, 0.2) is 0 Å². The second kappa shape index (κ2) is 5.34. The molecule has 0 saturated carbocycles. The Morgan fingerprint density at radius 3 is 1.78 bits per heavy atom.